The van der Waals surface area contributed by atoms with E-state index in [1.807, 2.05) is 12.1 Å². The molecule has 1 aromatic carbocycles. The van der Waals surface area contributed by atoms with Crippen LogP contribution in [0.25, 0.3) is 0 Å². The van der Waals surface area contributed by atoms with Gasteiger partial charge in [0, 0.05) is 32.8 Å². The number of aliphatic imine (C=N–C) groups is 1. The van der Waals surface area contributed by atoms with Crippen LogP contribution >= 0.6 is 24.0 Å². The number of halogens is 2. The summed E-state index contributed by atoms with van der Waals surface area (Å²) in [6.07, 6.45) is 2.18. The molecule has 148 valence electrons. The molecular formula is C19H32FIN4O. The minimum Gasteiger partial charge on any atom is -0.373 e. The molecule has 1 heterocycles. The Kier molecular flexibility index (Phi) is 10.4. The molecule has 26 heavy (non-hydrogen) atoms. The van der Waals surface area contributed by atoms with Crippen molar-refractivity contribution in [3.63, 3.8) is 0 Å². The van der Waals surface area contributed by atoms with Gasteiger partial charge < -0.3 is 20.3 Å². The maximum absolute atomic E-state index is 12.9. The number of rotatable bonds is 8. The zero-order chi connectivity index (χ0) is 18.1. The van der Waals surface area contributed by atoms with Gasteiger partial charge in [0.1, 0.15) is 5.82 Å². The van der Waals surface area contributed by atoms with Gasteiger partial charge in [-0.05, 0) is 51.4 Å². The number of ether oxygens (including phenoxy) is 1. The summed E-state index contributed by atoms with van der Waals surface area (Å²) in [6, 6.07) is 6.66. The van der Waals surface area contributed by atoms with E-state index in [4.69, 9.17) is 4.74 Å². The molecule has 1 atom stereocenters. The van der Waals surface area contributed by atoms with Crippen LogP contribution in [0.4, 0.5) is 4.39 Å². The molecule has 1 fully saturated rings. The predicted molar refractivity (Wildman–Crippen MR) is 116 cm³/mol. The summed E-state index contributed by atoms with van der Waals surface area (Å²) < 4.78 is 18.7. The highest BCUT2D eigenvalue weighted by molar-refractivity contribution is 14.0. The van der Waals surface area contributed by atoms with E-state index in [2.05, 4.69) is 41.4 Å². The molecule has 2 rings (SSSR count). The maximum Gasteiger partial charge on any atom is 0.191 e. The van der Waals surface area contributed by atoms with Crippen molar-refractivity contribution in [2.24, 2.45) is 4.99 Å². The molecule has 0 saturated carbocycles. The first-order valence-electron chi connectivity index (χ1n) is 9.10. The lowest BCUT2D eigenvalue weighted by molar-refractivity contribution is 0.0283. The van der Waals surface area contributed by atoms with Gasteiger partial charge in [-0.3, -0.25) is 4.99 Å². The fourth-order valence-corrected chi connectivity index (χ4v) is 2.90. The Morgan fingerprint density at radius 2 is 2.04 bits per heavy atom. The first-order valence-corrected chi connectivity index (χ1v) is 9.10. The summed E-state index contributed by atoms with van der Waals surface area (Å²) in [5.41, 5.74) is 0.984. The van der Waals surface area contributed by atoms with Gasteiger partial charge in [-0.1, -0.05) is 12.1 Å². The van der Waals surface area contributed by atoms with Gasteiger partial charge in [0.25, 0.3) is 0 Å². The summed E-state index contributed by atoms with van der Waals surface area (Å²) in [4.78, 5) is 6.87. The van der Waals surface area contributed by atoms with Crippen molar-refractivity contribution in [3.05, 3.63) is 35.6 Å². The van der Waals surface area contributed by atoms with E-state index in [9.17, 15) is 4.39 Å². The first kappa shape index (κ1) is 23.1. The zero-order valence-corrected chi connectivity index (χ0v) is 18.4. The quantitative estimate of drug-likeness (QED) is 0.343. The number of nitrogens with one attached hydrogen (secondary N) is 2. The standard InChI is InChI=1S/C19H31FN4O.HI/c1-4-21-18(23-15-19(2)10-5-13-25-19)22-11-12-24(3)14-16-6-8-17(20)9-7-16;/h6-9H,4-5,10-15H2,1-3H3,(H2,21,22,23);1H. The molecule has 0 radical (unpaired) electrons. The minimum absolute atomic E-state index is 0. The molecular weight excluding hydrogens is 446 g/mol. The molecule has 1 unspecified atom stereocenters. The molecule has 1 aromatic rings. The fourth-order valence-electron chi connectivity index (χ4n) is 2.90. The molecule has 1 aliphatic rings. The third-order valence-corrected chi connectivity index (χ3v) is 4.37. The molecule has 0 spiro atoms. The normalized spacial score (nSPS) is 20.1. The Hall–Kier alpha value is -0.930. The van der Waals surface area contributed by atoms with Gasteiger partial charge in [-0.2, -0.15) is 0 Å². The van der Waals surface area contributed by atoms with Crippen molar-refractivity contribution in [1.29, 1.82) is 0 Å². The van der Waals surface area contributed by atoms with Crippen molar-refractivity contribution >= 4 is 29.9 Å². The van der Waals surface area contributed by atoms with Crippen molar-refractivity contribution < 1.29 is 9.13 Å². The average molecular weight is 478 g/mol. The number of nitrogens with zero attached hydrogens (tertiary/aromatic N) is 2. The number of likely N-dealkylation sites (N-methyl/N-ethyl adjacent to an activating group) is 1. The SMILES string of the molecule is CCNC(=NCC1(C)CCCO1)NCCN(C)Cc1ccc(F)cc1.I. The summed E-state index contributed by atoms with van der Waals surface area (Å²) in [5.74, 6) is 0.633. The Bertz CT molecular complexity index is 547. The van der Waals surface area contributed by atoms with Crippen LogP contribution < -0.4 is 10.6 Å². The molecule has 0 aliphatic carbocycles. The highest BCUT2D eigenvalue weighted by Crippen LogP contribution is 2.24. The van der Waals surface area contributed by atoms with E-state index in [1.165, 1.54) is 12.1 Å². The van der Waals surface area contributed by atoms with Gasteiger partial charge in [0.15, 0.2) is 5.96 Å². The summed E-state index contributed by atoms with van der Waals surface area (Å²) >= 11 is 0. The monoisotopic (exact) mass is 478 g/mol. The van der Waals surface area contributed by atoms with E-state index in [0.29, 0.717) is 6.54 Å². The molecule has 2 N–H and O–H groups in total. The third-order valence-electron chi connectivity index (χ3n) is 4.37. The molecule has 0 aromatic heterocycles. The first-order chi connectivity index (χ1) is 12.0. The van der Waals surface area contributed by atoms with E-state index in [1.54, 1.807) is 0 Å². The lowest BCUT2D eigenvalue weighted by Gasteiger charge is -2.22. The van der Waals surface area contributed by atoms with E-state index in [-0.39, 0.29) is 35.4 Å². The van der Waals surface area contributed by atoms with Gasteiger partial charge in [-0.25, -0.2) is 4.39 Å². The molecule has 0 bridgehead atoms. The lowest BCUT2D eigenvalue weighted by Crippen LogP contribution is -2.42. The summed E-state index contributed by atoms with van der Waals surface area (Å²) in [7, 11) is 2.06. The number of benzene rings is 1. The van der Waals surface area contributed by atoms with E-state index >= 15 is 0 Å². The van der Waals surface area contributed by atoms with Crippen LogP contribution in [0.2, 0.25) is 0 Å². The zero-order valence-electron chi connectivity index (χ0n) is 16.1. The van der Waals surface area contributed by atoms with Gasteiger partial charge in [0.05, 0.1) is 12.1 Å². The number of hydrogen-bond acceptors (Lipinski definition) is 3. The number of hydrogen-bond donors (Lipinski definition) is 2. The van der Waals surface area contributed by atoms with Gasteiger partial charge in [-0.15, -0.1) is 24.0 Å². The van der Waals surface area contributed by atoms with Crippen LogP contribution in [0.15, 0.2) is 29.3 Å². The second kappa shape index (κ2) is 11.7. The largest absolute Gasteiger partial charge is 0.373 e. The van der Waals surface area contributed by atoms with Crippen molar-refractivity contribution in [2.75, 3.05) is 39.8 Å². The van der Waals surface area contributed by atoms with Crippen LogP contribution in [0, 0.1) is 5.82 Å². The molecule has 7 heteroatoms. The van der Waals surface area contributed by atoms with Crippen LogP contribution in [0.5, 0.6) is 0 Å². The van der Waals surface area contributed by atoms with Crippen LogP contribution in [-0.2, 0) is 11.3 Å². The van der Waals surface area contributed by atoms with Crippen molar-refractivity contribution in [1.82, 2.24) is 15.5 Å². The second-order valence-electron chi connectivity index (χ2n) is 6.89. The fraction of sp³-hybridized carbons (Fsp3) is 0.632. The molecule has 0 amide bonds. The molecule has 5 nitrogen and oxygen atoms in total. The Morgan fingerprint density at radius 1 is 1.31 bits per heavy atom. The lowest BCUT2D eigenvalue weighted by atomic mass is 10.0. The Balaban J connectivity index is 0.00000338. The average Bonchev–Trinajstić information content (AvgIpc) is 3.02. The summed E-state index contributed by atoms with van der Waals surface area (Å²) in [6.45, 7) is 8.99. The maximum atomic E-state index is 12.9. The minimum atomic E-state index is -0.195. The van der Waals surface area contributed by atoms with Crippen molar-refractivity contribution in [2.45, 2.75) is 38.8 Å². The molecule has 1 aliphatic heterocycles. The number of guanidine groups is 1. The highest BCUT2D eigenvalue weighted by atomic mass is 127. The third kappa shape index (κ3) is 8.18. The van der Waals surface area contributed by atoms with Gasteiger partial charge >= 0.3 is 0 Å². The second-order valence-corrected chi connectivity index (χ2v) is 6.89. The topological polar surface area (TPSA) is 48.9 Å². The van der Waals surface area contributed by atoms with Gasteiger partial charge in [0.2, 0.25) is 0 Å². The van der Waals surface area contributed by atoms with Crippen molar-refractivity contribution in [3.8, 4) is 0 Å². The summed E-state index contributed by atoms with van der Waals surface area (Å²) in [5, 5.41) is 6.65. The molecule has 1 saturated heterocycles. The van der Waals surface area contributed by atoms with Crippen LogP contribution in [-0.4, -0.2) is 56.3 Å². The highest BCUT2D eigenvalue weighted by Gasteiger charge is 2.29. The van der Waals surface area contributed by atoms with E-state index in [0.717, 1.165) is 57.2 Å². The smallest absolute Gasteiger partial charge is 0.191 e. The van der Waals surface area contributed by atoms with Crippen LogP contribution in [0.1, 0.15) is 32.3 Å². The Labute approximate surface area is 173 Å². The predicted octanol–water partition coefficient (Wildman–Crippen LogP) is 3.00. The Morgan fingerprint density at radius 3 is 2.65 bits per heavy atom. The van der Waals surface area contributed by atoms with Crippen LogP contribution in [0.3, 0.4) is 0 Å². The van der Waals surface area contributed by atoms with E-state index < -0.39 is 0 Å².